The van der Waals surface area contributed by atoms with Crippen molar-refractivity contribution in [3.63, 3.8) is 0 Å². The Hall–Kier alpha value is -1.20. The lowest BCUT2D eigenvalue weighted by molar-refractivity contribution is -0.137. The number of rotatable bonds is 7. The SMILES string of the molecule is CC(C)(N)CCOC(C)(C)CCN1C(=O)C=CC1=O. The van der Waals surface area contributed by atoms with Gasteiger partial charge in [0.25, 0.3) is 11.8 Å². The molecule has 0 saturated carbocycles. The quantitative estimate of drug-likeness (QED) is 0.705. The van der Waals surface area contributed by atoms with E-state index in [0.717, 1.165) is 6.42 Å². The van der Waals surface area contributed by atoms with Crippen molar-refractivity contribution in [1.82, 2.24) is 4.90 Å². The summed E-state index contributed by atoms with van der Waals surface area (Å²) in [6, 6.07) is 0. The monoisotopic (exact) mass is 268 g/mol. The van der Waals surface area contributed by atoms with Gasteiger partial charge in [-0.05, 0) is 40.5 Å². The first-order chi connectivity index (χ1) is 8.61. The first kappa shape index (κ1) is 15.9. The highest BCUT2D eigenvalue weighted by atomic mass is 16.5. The van der Waals surface area contributed by atoms with Crippen molar-refractivity contribution < 1.29 is 14.3 Å². The molecule has 0 saturated heterocycles. The van der Waals surface area contributed by atoms with Crippen LogP contribution in [0.1, 0.15) is 40.5 Å². The Labute approximate surface area is 114 Å². The lowest BCUT2D eigenvalue weighted by Gasteiger charge is -2.29. The Balaban J connectivity index is 2.34. The average Bonchev–Trinajstić information content (AvgIpc) is 2.54. The lowest BCUT2D eigenvalue weighted by Crippen LogP contribution is -2.38. The minimum absolute atomic E-state index is 0.246. The van der Waals surface area contributed by atoms with Gasteiger partial charge >= 0.3 is 0 Å². The number of amides is 2. The van der Waals surface area contributed by atoms with E-state index in [1.54, 1.807) is 0 Å². The van der Waals surface area contributed by atoms with Crippen molar-refractivity contribution in [2.24, 2.45) is 5.73 Å². The van der Waals surface area contributed by atoms with Crippen LogP contribution in [0.5, 0.6) is 0 Å². The van der Waals surface area contributed by atoms with Gasteiger partial charge in [-0.15, -0.1) is 0 Å². The predicted octanol–water partition coefficient (Wildman–Crippen LogP) is 1.22. The highest BCUT2D eigenvalue weighted by Crippen LogP contribution is 2.18. The van der Waals surface area contributed by atoms with Gasteiger partial charge in [0.1, 0.15) is 0 Å². The molecule has 0 unspecified atom stereocenters. The molecule has 1 rings (SSSR count). The molecule has 5 heteroatoms. The van der Waals surface area contributed by atoms with Crippen LogP contribution in [0.4, 0.5) is 0 Å². The Bertz CT molecular complexity index is 363. The molecule has 0 spiro atoms. The summed E-state index contributed by atoms with van der Waals surface area (Å²) < 4.78 is 5.79. The summed E-state index contributed by atoms with van der Waals surface area (Å²) in [5.41, 5.74) is 5.26. The van der Waals surface area contributed by atoms with Crippen LogP contribution in [0.3, 0.4) is 0 Å². The fourth-order valence-electron chi connectivity index (χ4n) is 1.70. The number of ether oxygens (including phenoxy) is 1. The van der Waals surface area contributed by atoms with E-state index < -0.39 is 0 Å². The van der Waals surface area contributed by atoms with Crippen LogP contribution < -0.4 is 5.73 Å². The molecule has 2 N–H and O–H groups in total. The highest BCUT2D eigenvalue weighted by Gasteiger charge is 2.27. The fourth-order valence-corrected chi connectivity index (χ4v) is 1.70. The number of carbonyl (C=O) groups is 2. The van der Waals surface area contributed by atoms with Gasteiger partial charge in [0.15, 0.2) is 0 Å². The third-order valence-electron chi connectivity index (χ3n) is 3.08. The topological polar surface area (TPSA) is 72.6 Å². The van der Waals surface area contributed by atoms with Gasteiger partial charge in [-0.3, -0.25) is 14.5 Å². The molecule has 0 fully saturated rings. The van der Waals surface area contributed by atoms with E-state index in [9.17, 15) is 9.59 Å². The molecule has 1 aliphatic heterocycles. The number of nitrogens with zero attached hydrogens (tertiary/aromatic N) is 1. The van der Waals surface area contributed by atoms with Crippen LogP contribution in [0.15, 0.2) is 12.2 Å². The van der Waals surface area contributed by atoms with Gasteiger partial charge in [0.05, 0.1) is 5.60 Å². The number of carbonyl (C=O) groups excluding carboxylic acids is 2. The summed E-state index contributed by atoms with van der Waals surface area (Å²) in [4.78, 5) is 24.1. The summed E-state index contributed by atoms with van der Waals surface area (Å²) in [7, 11) is 0. The van der Waals surface area contributed by atoms with Crippen molar-refractivity contribution >= 4 is 11.8 Å². The van der Waals surface area contributed by atoms with Crippen LogP contribution in [-0.4, -0.2) is 41.0 Å². The van der Waals surface area contributed by atoms with E-state index in [1.165, 1.54) is 17.1 Å². The molecular weight excluding hydrogens is 244 g/mol. The third-order valence-corrected chi connectivity index (χ3v) is 3.08. The Morgan fingerprint density at radius 3 is 2.11 bits per heavy atom. The zero-order valence-electron chi connectivity index (χ0n) is 12.2. The molecular formula is C14H24N2O3. The smallest absolute Gasteiger partial charge is 0.253 e. The van der Waals surface area contributed by atoms with Gasteiger partial charge in [0.2, 0.25) is 0 Å². The molecule has 2 amide bonds. The van der Waals surface area contributed by atoms with Crippen LogP contribution in [0, 0.1) is 0 Å². The third kappa shape index (κ3) is 5.53. The molecule has 0 aliphatic carbocycles. The Morgan fingerprint density at radius 1 is 1.11 bits per heavy atom. The van der Waals surface area contributed by atoms with Crippen molar-refractivity contribution in [3.8, 4) is 0 Å². The maximum Gasteiger partial charge on any atom is 0.253 e. The summed E-state index contributed by atoms with van der Waals surface area (Å²) in [5, 5.41) is 0. The van der Waals surface area contributed by atoms with Crippen molar-refractivity contribution in [2.75, 3.05) is 13.2 Å². The fraction of sp³-hybridized carbons (Fsp3) is 0.714. The molecule has 19 heavy (non-hydrogen) atoms. The van der Waals surface area contributed by atoms with Crippen LogP contribution in [-0.2, 0) is 14.3 Å². The number of hydrogen-bond donors (Lipinski definition) is 1. The number of imide groups is 1. The minimum Gasteiger partial charge on any atom is -0.375 e. The average molecular weight is 268 g/mol. The van der Waals surface area contributed by atoms with E-state index in [1.807, 2.05) is 27.7 Å². The van der Waals surface area contributed by atoms with Gasteiger partial charge in [-0.2, -0.15) is 0 Å². The first-order valence-electron chi connectivity index (χ1n) is 6.57. The summed E-state index contributed by atoms with van der Waals surface area (Å²) in [6.45, 7) is 8.76. The number of hydrogen-bond acceptors (Lipinski definition) is 4. The molecule has 0 bridgehead atoms. The predicted molar refractivity (Wildman–Crippen MR) is 73.4 cm³/mol. The standard InChI is InChI=1S/C14H24N2O3/c1-13(2,15)8-10-19-14(3,4)7-9-16-11(17)5-6-12(16)18/h5-6H,7-10,15H2,1-4H3. The van der Waals surface area contributed by atoms with Gasteiger partial charge in [-0.1, -0.05) is 0 Å². The highest BCUT2D eigenvalue weighted by molar-refractivity contribution is 6.12. The van der Waals surface area contributed by atoms with E-state index in [4.69, 9.17) is 10.5 Å². The Morgan fingerprint density at radius 2 is 1.63 bits per heavy atom. The maximum atomic E-state index is 11.4. The van der Waals surface area contributed by atoms with E-state index in [0.29, 0.717) is 19.6 Å². The van der Waals surface area contributed by atoms with Crippen LogP contribution in [0.2, 0.25) is 0 Å². The van der Waals surface area contributed by atoms with Crippen molar-refractivity contribution in [3.05, 3.63) is 12.2 Å². The van der Waals surface area contributed by atoms with Gasteiger partial charge in [-0.25, -0.2) is 0 Å². The second-order valence-corrected chi connectivity index (χ2v) is 6.26. The lowest BCUT2D eigenvalue weighted by atomic mass is 10.0. The summed E-state index contributed by atoms with van der Waals surface area (Å²) in [5.74, 6) is -0.493. The summed E-state index contributed by atoms with van der Waals surface area (Å²) in [6.07, 6.45) is 3.97. The minimum atomic E-state index is -0.381. The molecule has 108 valence electrons. The normalized spacial score (nSPS) is 16.6. The molecule has 0 radical (unpaired) electrons. The Kier molecular flexibility index (Phi) is 4.87. The van der Waals surface area contributed by atoms with E-state index >= 15 is 0 Å². The molecule has 5 nitrogen and oxygen atoms in total. The largest absolute Gasteiger partial charge is 0.375 e. The van der Waals surface area contributed by atoms with Crippen molar-refractivity contribution in [2.45, 2.75) is 51.7 Å². The number of nitrogens with two attached hydrogens (primary N) is 1. The van der Waals surface area contributed by atoms with Crippen LogP contribution >= 0.6 is 0 Å². The summed E-state index contributed by atoms with van der Waals surface area (Å²) >= 11 is 0. The van der Waals surface area contributed by atoms with Gasteiger partial charge < -0.3 is 10.5 Å². The zero-order valence-corrected chi connectivity index (χ0v) is 12.2. The van der Waals surface area contributed by atoms with Crippen molar-refractivity contribution in [1.29, 1.82) is 0 Å². The van der Waals surface area contributed by atoms with Gasteiger partial charge in [0, 0.05) is 30.8 Å². The van der Waals surface area contributed by atoms with E-state index in [-0.39, 0.29) is 23.0 Å². The molecule has 1 aliphatic rings. The van der Waals surface area contributed by atoms with E-state index in [2.05, 4.69) is 0 Å². The first-order valence-corrected chi connectivity index (χ1v) is 6.57. The molecule has 1 heterocycles. The van der Waals surface area contributed by atoms with Crippen LogP contribution in [0.25, 0.3) is 0 Å². The second kappa shape index (κ2) is 5.84. The molecule has 0 aromatic carbocycles. The zero-order chi connectivity index (χ0) is 14.7. The molecule has 0 aromatic heterocycles. The molecule has 0 atom stereocenters. The second-order valence-electron chi connectivity index (χ2n) is 6.26. The molecule has 0 aromatic rings. The maximum absolute atomic E-state index is 11.4.